The molecule has 132 valence electrons. The van der Waals surface area contributed by atoms with Gasteiger partial charge in [-0.1, -0.05) is 29.8 Å². The fraction of sp³-hybridized carbons (Fsp3) is 0.312. The van der Waals surface area contributed by atoms with Crippen LogP contribution in [0.25, 0.3) is 10.1 Å². The molecule has 2 N–H and O–H groups in total. The average Bonchev–Trinajstić information content (AvgIpc) is 2.96. The number of nitrogens with zero attached hydrogens (tertiary/aromatic N) is 1. The van der Waals surface area contributed by atoms with Crippen molar-refractivity contribution in [3.05, 3.63) is 34.2 Å². The van der Waals surface area contributed by atoms with E-state index in [1.165, 1.54) is 16.2 Å². The van der Waals surface area contributed by atoms with Crippen molar-refractivity contribution >= 4 is 50.8 Å². The second-order valence-corrected chi connectivity index (χ2v) is 6.89. The van der Waals surface area contributed by atoms with Gasteiger partial charge in [0.25, 0.3) is 5.91 Å². The van der Waals surface area contributed by atoms with E-state index in [1.54, 1.807) is 0 Å². The number of carboxylic acids is 1. The van der Waals surface area contributed by atoms with Gasteiger partial charge in [-0.2, -0.15) is 0 Å². The molecule has 0 saturated carbocycles. The number of carboxylic acid groups (broad SMARTS) is 1. The number of nitrogens with one attached hydrogen (secondary N) is 1. The third-order valence-corrected chi connectivity index (χ3v) is 5.51. The molecule has 25 heavy (non-hydrogen) atoms. The van der Waals surface area contributed by atoms with Crippen LogP contribution in [0.1, 0.15) is 9.67 Å². The molecule has 1 aromatic carbocycles. The summed E-state index contributed by atoms with van der Waals surface area (Å²) in [5.74, 6) is -1.90. The van der Waals surface area contributed by atoms with Crippen molar-refractivity contribution < 1.29 is 24.2 Å². The summed E-state index contributed by atoms with van der Waals surface area (Å²) in [5.41, 5.74) is 0. The van der Waals surface area contributed by atoms with Crippen LogP contribution >= 0.6 is 22.9 Å². The van der Waals surface area contributed by atoms with Crippen LogP contribution in [0.3, 0.4) is 0 Å². The van der Waals surface area contributed by atoms with Crippen LogP contribution in [0.2, 0.25) is 5.02 Å². The Kier molecular flexibility index (Phi) is 5.22. The Morgan fingerprint density at radius 3 is 2.84 bits per heavy atom. The van der Waals surface area contributed by atoms with E-state index in [2.05, 4.69) is 5.32 Å². The fourth-order valence-corrected chi connectivity index (χ4v) is 3.97. The highest BCUT2D eigenvalue weighted by Crippen LogP contribution is 2.34. The van der Waals surface area contributed by atoms with E-state index >= 15 is 0 Å². The predicted octanol–water partition coefficient (Wildman–Crippen LogP) is 1.60. The first kappa shape index (κ1) is 17.7. The lowest BCUT2D eigenvalue weighted by atomic mass is 10.2. The Bertz CT molecular complexity index is 837. The van der Waals surface area contributed by atoms with E-state index in [4.69, 9.17) is 21.4 Å². The van der Waals surface area contributed by atoms with E-state index in [0.29, 0.717) is 16.4 Å². The Balaban J connectivity index is 1.62. The number of ether oxygens (including phenoxy) is 1. The summed E-state index contributed by atoms with van der Waals surface area (Å²) >= 11 is 7.50. The molecular weight excluding hydrogens is 368 g/mol. The number of halogens is 1. The summed E-state index contributed by atoms with van der Waals surface area (Å²) in [6.45, 7) is 0.185. The Morgan fingerprint density at radius 2 is 2.12 bits per heavy atom. The lowest BCUT2D eigenvalue weighted by Gasteiger charge is -2.30. The molecule has 0 radical (unpaired) electrons. The highest BCUT2D eigenvalue weighted by atomic mass is 35.5. The predicted molar refractivity (Wildman–Crippen MR) is 93.1 cm³/mol. The summed E-state index contributed by atoms with van der Waals surface area (Å²) in [4.78, 5) is 37.2. The first-order valence-electron chi connectivity index (χ1n) is 7.55. The van der Waals surface area contributed by atoms with E-state index in [9.17, 15) is 14.4 Å². The molecular formula is C16H15ClN2O5S. The van der Waals surface area contributed by atoms with Gasteiger partial charge in [-0.25, -0.2) is 4.79 Å². The van der Waals surface area contributed by atoms with Gasteiger partial charge in [0.1, 0.15) is 4.88 Å². The van der Waals surface area contributed by atoms with Gasteiger partial charge < -0.3 is 20.1 Å². The van der Waals surface area contributed by atoms with Crippen molar-refractivity contribution in [2.24, 2.45) is 0 Å². The molecule has 9 heteroatoms. The summed E-state index contributed by atoms with van der Waals surface area (Å²) < 4.78 is 5.96. The number of hydrogen-bond acceptors (Lipinski definition) is 5. The highest BCUT2D eigenvalue weighted by Gasteiger charge is 2.29. The summed E-state index contributed by atoms with van der Waals surface area (Å²) in [6, 6.07) is 7.39. The molecule has 0 spiro atoms. The van der Waals surface area contributed by atoms with Crippen LogP contribution in [-0.4, -0.2) is 60.1 Å². The lowest BCUT2D eigenvalue weighted by Crippen LogP contribution is -2.51. The zero-order valence-electron chi connectivity index (χ0n) is 13.0. The maximum absolute atomic E-state index is 12.3. The van der Waals surface area contributed by atoms with Crippen molar-refractivity contribution in [1.82, 2.24) is 10.2 Å². The van der Waals surface area contributed by atoms with E-state index < -0.39 is 18.0 Å². The molecule has 0 bridgehead atoms. The van der Waals surface area contributed by atoms with Crippen molar-refractivity contribution in [3.8, 4) is 0 Å². The second kappa shape index (κ2) is 7.38. The monoisotopic (exact) mass is 382 g/mol. The number of hydrogen-bond donors (Lipinski definition) is 2. The van der Waals surface area contributed by atoms with Gasteiger partial charge in [0.2, 0.25) is 5.91 Å². The van der Waals surface area contributed by atoms with Crippen LogP contribution in [0.15, 0.2) is 24.3 Å². The van der Waals surface area contributed by atoms with E-state index in [1.807, 2.05) is 24.3 Å². The number of rotatable bonds is 4. The molecule has 1 saturated heterocycles. The standard InChI is InChI=1S/C16H15ClN2O5S/c17-13-9-3-1-2-4-11(9)25-14(13)15(21)18-7-12(20)19-5-6-24-10(8-19)16(22)23/h1-4,10H,5-8H2,(H,18,21)(H,22,23). The van der Waals surface area contributed by atoms with E-state index in [0.717, 1.165) is 10.1 Å². The van der Waals surface area contributed by atoms with Crippen molar-refractivity contribution in [2.75, 3.05) is 26.2 Å². The average molecular weight is 383 g/mol. The van der Waals surface area contributed by atoms with E-state index in [-0.39, 0.29) is 25.6 Å². The topological polar surface area (TPSA) is 95.9 Å². The number of thiophene rings is 1. The molecule has 0 aliphatic carbocycles. The summed E-state index contributed by atoms with van der Waals surface area (Å²) in [5, 5.41) is 12.7. The molecule has 1 aliphatic heterocycles. The zero-order chi connectivity index (χ0) is 18.0. The molecule has 1 aliphatic rings. The molecule has 7 nitrogen and oxygen atoms in total. The third-order valence-electron chi connectivity index (χ3n) is 3.84. The molecule has 1 atom stereocenters. The quantitative estimate of drug-likeness (QED) is 0.837. The number of aliphatic carboxylic acids is 1. The number of amides is 2. The fourth-order valence-electron chi connectivity index (χ4n) is 2.53. The molecule has 2 amide bonds. The van der Waals surface area contributed by atoms with Gasteiger partial charge in [0.05, 0.1) is 24.7 Å². The number of carbonyl (C=O) groups excluding carboxylic acids is 2. The zero-order valence-corrected chi connectivity index (χ0v) is 14.6. The number of morpholine rings is 1. The molecule has 2 heterocycles. The Morgan fingerprint density at radius 1 is 1.36 bits per heavy atom. The third kappa shape index (κ3) is 3.76. The van der Waals surface area contributed by atoms with Crippen molar-refractivity contribution in [3.63, 3.8) is 0 Å². The maximum atomic E-state index is 12.3. The minimum Gasteiger partial charge on any atom is -0.479 e. The van der Waals surface area contributed by atoms with Gasteiger partial charge in [0.15, 0.2) is 6.10 Å². The van der Waals surface area contributed by atoms with Gasteiger partial charge in [-0.05, 0) is 6.07 Å². The van der Waals surface area contributed by atoms with Gasteiger partial charge in [-0.15, -0.1) is 11.3 Å². The molecule has 2 aromatic rings. The normalized spacial score (nSPS) is 17.5. The van der Waals surface area contributed by atoms with Gasteiger partial charge in [-0.3, -0.25) is 9.59 Å². The van der Waals surface area contributed by atoms with Gasteiger partial charge >= 0.3 is 5.97 Å². The first-order valence-corrected chi connectivity index (χ1v) is 8.74. The molecule has 1 aromatic heterocycles. The van der Waals surface area contributed by atoms with Gasteiger partial charge in [0, 0.05) is 16.6 Å². The summed E-state index contributed by atoms with van der Waals surface area (Å²) in [7, 11) is 0. The first-order chi connectivity index (χ1) is 12.0. The SMILES string of the molecule is O=C(NCC(=O)N1CCOC(C(=O)O)C1)c1sc2ccccc2c1Cl. The summed E-state index contributed by atoms with van der Waals surface area (Å²) in [6.07, 6.45) is -1.04. The number of benzene rings is 1. The lowest BCUT2D eigenvalue weighted by molar-refractivity contribution is -0.159. The Hall–Kier alpha value is -2.16. The van der Waals surface area contributed by atoms with Crippen LogP contribution in [0.4, 0.5) is 0 Å². The maximum Gasteiger partial charge on any atom is 0.334 e. The number of fused-ring (bicyclic) bond motifs is 1. The highest BCUT2D eigenvalue weighted by molar-refractivity contribution is 7.21. The smallest absolute Gasteiger partial charge is 0.334 e. The molecule has 3 rings (SSSR count). The second-order valence-electron chi connectivity index (χ2n) is 5.46. The van der Waals surface area contributed by atoms with Crippen LogP contribution in [0, 0.1) is 0 Å². The van der Waals surface area contributed by atoms with Crippen LogP contribution < -0.4 is 5.32 Å². The van der Waals surface area contributed by atoms with Crippen LogP contribution in [0.5, 0.6) is 0 Å². The van der Waals surface area contributed by atoms with Crippen molar-refractivity contribution in [1.29, 1.82) is 0 Å². The Labute approximate surface area is 152 Å². The van der Waals surface area contributed by atoms with Crippen molar-refractivity contribution in [2.45, 2.75) is 6.10 Å². The number of carbonyl (C=O) groups is 3. The minimum atomic E-state index is -1.11. The van der Waals surface area contributed by atoms with Crippen LogP contribution in [-0.2, 0) is 14.3 Å². The molecule has 1 unspecified atom stereocenters. The molecule has 1 fully saturated rings. The largest absolute Gasteiger partial charge is 0.479 e. The minimum absolute atomic E-state index is 0.0340.